The molecule has 42 heavy (non-hydrogen) atoms. The summed E-state index contributed by atoms with van der Waals surface area (Å²) in [6.07, 6.45) is 4.15. The summed E-state index contributed by atoms with van der Waals surface area (Å²) >= 11 is 1.46. The molecule has 2 N–H and O–H groups in total. The smallest absolute Gasteiger partial charge is 0.243 e. The van der Waals surface area contributed by atoms with Crippen LogP contribution in [-0.2, 0) is 27.8 Å². The predicted octanol–water partition coefficient (Wildman–Crippen LogP) is 6.67. The van der Waals surface area contributed by atoms with Crippen LogP contribution in [-0.4, -0.2) is 49.5 Å². The van der Waals surface area contributed by atoms with Crippen molar-refractivity contribution in [3.05, 3.63) is 82.6 Å². The second kappa shape index (κ2) is 18.7. The van der Waals surface area contributed by atoms with Crippen LogP contribution in [0.3, 0.4) is 0 Å². The molecule has 2 aromatic carbocycles. The molecule has 1 aliphatic carbocycles. The normalized spacial score (nSPS) is 14.9. The van der Waals surface area contributed by atoms with Crippen molar-refractivity contribution in [3.63, 3.8) is 0 Å². The zero-order valence-corrected chi connectivity index (χ0v) is 27.3. The number of sulfonamides is 1. The van der Waals surface area contributed by atoms with E-state index in [1.54, 1.807) is 12.1 Å². The van der Waals surface area contributed by atoms with E-state index in [1.807, 2.05) is 75.5 Å². The molecule has 1 heterocycles. The first-order valence-corrected chi connectivity index (χ1v) is 17.4. The van der Waals surface area contributed by atoms with E-state index < -0.39 is 22.2 Å². The van der Waals surface area contributed by atoms with Crippen LogP contribution in [0.1, 0.15) is 70.2 Å². The van der Waals surface area contributed by atoms with E-state index in [9.17, 15) is 18.3 Å². The van der Waals surface area contributed by atoms with E-state index in [0.29, 0.717) is 12.2 Å². The minimum atomic E-state index is -3.97. The number of benzene rings is 2. The van der Waals surface area contributed by atoms with Gasteiger partial charge in [-0.15, -0.1) is 11.3 Å². The van der Waals surface area contributed by atoms with E-state index >= 15 is 0 Å². The first kappa shape index (κ1) is 35.5. The molecule has 1 fully saturated rings. The van der Waals surface area contributed by atoms with Gasteiger partial charge in [0.25, 0.3) is 0 Å². The summed E-state index contributed by atoms with van der Waals surface area (Å²) < 4.78 is 34.1. The minimum Gasteiger partial charge on any atom is -0.497 e. The quantitative estimate of drug-likeness (QED) is 0.237. The lowest BCUT2D eigenvalue weighted by atomic mass is 9.88. The Balaban J connectivity index is 0.00000148. The molecule has 232 valence electrons. The molecular formula is C33H48N2O5S2. The molecule has 3 aromatic rings. The average Bonchev–Trinajstić information content (AvgIpc) is 3.56. The maximum absolute atomic E-state index is 13.8. The monoisotopic (exact) mass is 616 g/mol. The molecule has 1 aliphatic rings. The standard InChI is InChI=1S/C29H36N2O5S2.2C2H6/c1-36-24-14-8-16-26(19-24)38(34,35)31(20-25-15-9-17-37-25)21-28(32)27(18-22-10-4-2-5-11-22)30-29(33)23-12-6-3-7-13-23;2*1-2/h2,4-5,8-11,14-17,19,23,27-28,32H,3,6-7,12-13,18,20-21H2,1H3,(H,30,33);2*1-2H3. The van der Waals surface area contributed by atoms with Crippen molar-refractivity contribution < 1.29 is 23.1 Å². The van der Waals surface area contributed by atoms with Crippen molar-refractivity contribution in [1.82, 2.24) is 9.62 Å². The SMILES string of the molecule is CC.CC.COc1cccc(S(=O)(=O)N(Cc2cccs2)CC(O)C(Cc2ccccc2)NC(=O)C2CCCCC2)c1. The van der Waals surface area contributed by atoms with Crippen molar-refractivity contribution >= 4 is 27.3 Å². The lowest BCUT2D eigenvalue weighted by Gasteiger charge is -2.31. The molecule has 0 aliphatic heterocycles. The number of aliphatic hydroxyl groups is 1. The molecular weight excluding hydrogens is 569 g/mol. The van der Waals surface area contributed by atoms with Gasteiger partial charge in [0.05, 0.1) is 24.2 Å². The van der Waals surface area contributed by atoms with Crippen molar-refractivity contribution in [2.24, 2.45) is 5.92 Å². The van der Waals surface area contributed by atoms with E-state index in [-0.39, 0.29) is 29.8 Å². The highest BCUT2D eigenvalue weighted by Gasteiger charge is 2.33. The van der Waals surface area contributed by atoms with Crippen LogP contribution in [0.4, 0.5) is 0 Å². The van der Waals surface area contributed by atoms with Gasteiger partial charge in [-0.2, -0.15) is 4.31 Å². The molecule has 4 rings (SSSR count). The van der Waals surface area contributed by atoms with Crippen molar-refractivity contribution in [2.75, 3.05) is 13.7 Å². The highest BCUT2D eigenvalue weighted by atomic mass is 32.2. The molecule has 2 atom stereocenters. The molecule has 1 aromatic heterocycles. The van der Waals surface area contributed by atoms with Crippen molar-refractivity contribution in [3.8, 4) is 5.75 Å². The van der Waals surface area contributed by atoms with Gasteiger partial charge in [0, 0.05) is 30.0 Å². The molecule has 0 spiro atoms. The van der Waals surface area contributed by atoms with E-state index in [0.717, 1.165) is 42.5 Å². The molecule has 0 saturated heterocycles. The van der Waals surface area contributed by atoms with Gasteiger partial charge in [0.1, 0.15) is 5.75 Å². The fraction of sp³-hybridized carbons (Fsp3) is 0.485. The predicted molar refractivity (Wildman–Crippen MR) is 172 cm³/mol. The molecule has 0 radical (unpaired) electrons. The highest BCUT2D eigenvalue weighted by molar-refractivity contribution is 7.89. The van der Waals surface area contributed by atoms with Gasteiger partial charge in [0.15, 0.2) is 0 Å². The number of nitrogens with zero attached hydrogens (tertiary/aromatic N) is 1. The Morgan fingerprint density at radius 2 is 1.69 bits per heavy atom. The summed E-state index contributed by atoms with van der Waals surface area (Å²) in [4.78, 5) is 14.1. The second-order valence-electron chi connectivity index (χ2n) is 9.76. The minimum absolute atomic E-state index is 0.0647. The van der Waals surface area contributed by atoms with Crippen LogP contribution in [0, 0.1) is 5.92 Å². The van der Waals surface area contributed by atoms with Gasteiger partial charge < -0.3 is 15.2 Å². The number of amides is 1. The fourth-order valence-electron chi connectivity index (χ4n) is 4.89. The molecule has 7 nitrogen and oxygen atoms in total. The Bertz CT molecular complexity index is 1260. The number of rotatable bonds is 12. The lowest BCUT2D eigenvalue weighted by molar-refractivity contribution is -0.127. The number of methoxy groups -OCH3 is 1. The van der Waals surface area contributed by atoms with E-state index in [1.165, 1.54) is 34.9 Å². The molecule has 9 heteroatoms. The van der Waals surface area contributed by atoms with Crippen LogP contribution >= 0.6 is 11.3 Å². The van der Waals surface area contributed by atoms with Crippen LogP contribution in [0.5, 0.6) is 5.75 Å². The van der Waals surface area contributed by atoms with Gasteiger partial charge in [-0.05, 0) is 48.4 Å². The topological polar surface area (TPSA) is 95.9 Å². The second-order valence-corrected chi connectivity index (χ2v) is 12.7. The first-order valence-electron chi connectivity index (χ1n) is 15.1. The van der Waals surface area contributed by atoms with Crippen LogP contribution in [0.2, 0.25) is 0 Å². The lowest BCUT2D eigenvalue weighted by Crippen LogP contribution is -2.51. The van der Waals surface area contributed by atoms with Gasteiger partial charge in [-0.3, -0.25) is 4.79 Å². The Morgan fingerprint density at radius 1 is 1.00 bits per heavy atom. The van der Waals surface area contributed by atoms with Crippen LogP contribution in [0.15, 0.2) is 77.0 Å². The van der Waals surface area contributed by atoms with Crippen molar-refractivity contribution in [2.45, 2.75) is 89.8 Å². The summed E-state index contributed by atoms with van der Waals surface area (Å²) in [5, 5.41) is 16.5. The number of aliphatic hydroxyl groups excluding tert-OH is 1. The van der Waals surface area contributed by atoms with E-state index in [4.69, 9.17) is 4.74 Å². The van der Waals surface area contributed by atoms with Gasteiger partial charge in [-0.25, -0.2) is 8.42 Å². The zero-order valence-electron chi connectivity index (χ0n) is 25.7. The van der Waals surface area contributed by atoms with Crippen molar-refractivity contribution in [1.29, 1.82) is 0 Å². The van der Waals surface area contributed by atoms with Gasteiger partial charge >= 0.3 is 0 Å². The number of carbonyl (C=O) groups excluding carboxylic acids is 1. The van der Waals surface area contributed by atoms with Gasteiger partial charge in [-0.1, -0.05) is 89.4 Å². The number of carbonyl (C=O) groups is 1. The summed E-state index contributed by atoms with van der Waals surface area (Å²) in [6, 6.07) is 19.1. The maximum atomic E-state index is 13.8. The van der Waals surface area contributed by atoms with Crippen LogP contribution in [0.25, 0.3) is 0 Å². The summed E-state index contributed by atoms with van der Waals surface area (Å²) in [7, 11) is -2.48. The Hall–Kier alpha value is -2.72. The number of hydrogen-bond acceptors (Lipinski definition) is 6. The van der Waals surface area contributed by atoms with Gasteiger partial charge in [0.2, 0.25) is 15.9 Å². The number of hydrogen-bond donors (Lipinski definition) is 2. The molecule has 1 saturated carbocycles. The summed E-state index contributed by atoms with van der Waals surface area (Å²) in [5.41, 5.74) is 0.959. The van der Waals surface area contributed by atoms with E-state index in [2.05, 4.69) is 5.32 Å². The Kier molecular flexibility index (Phi) is 15.8. The average molecular weight is 617 g/mol. The molecule has 0 bridgehead atoms. The third kappa shape index (κ3) is 10.5. The number of ether oxygens (including phenoxy) is 1. The Morgan fingerprint density at radius 3 is 2.31 bits per heavy atom. The summed E-state index contributed by atoms with van der Waals surface area (Å²) in [6.45, 7) is 7.95. The highest BCUT2D eigenvalue weighted by Crippen LogP contribution is 2.26. The first-order chi connectivity index (χ1) is 20.4. The third-order valence-corrected chi connectivity index (χ3v) is 9.72. The molecule has 2 unspecified atom stereocenters. The third-order valence-electron chi connectivity index (χ3n) is 7.05. The van der Waals surface area contributed by atoms with Crippen LogP contribution < -0.4 is 10.1 Å². The number of nitrogens with one attached hydrogen (secondary N) is 1. The molecule has 1 amide bonds. The maximum Gasteiger partial charge on any atom is 0.243 e. The zero-order chi connectivity index (χ0) is 31.0. The number of thiophene rings is 1. The largest absolute Gasteiger partial charge is 0.497 e. The Labute approximate surface area is 257 Å². The fourth-order valence-corrected chi connectivity index (χ4v) is 7.16. The summed E-state index contributed by atoms with van der Waals surface area (Å²) in [5.74, 6) is 0.298.